The molecule has 0 aromatic carbocycles. The molecule has 1 aliphatic rings. The van der Waals surface area contributed by atoms with Crippen LogP contribution in [0.1, 0.15) is 44.6 Å². The maximum atomic E-state index is 13.3. The summed E-state index contributed by atoms with van der Waals surface area (Å²) in [4.78, 5) is 15.5. The highest BCUT2D eigenvalue weighted by Gasteiger charge is 2.47. The van der Waals surface area contributed by atoms with E-state index in [9.17, 15) is 26.4 Å². The Balaban J connectivity index is 2.36. The van der Waals surface area contributed by atoms with Crippen molar-refractivity contribution in [3.05, 3.63) is 35.3 Å². The zero-order valence-corrected chi connectivity index (χ0v) is 16.3. The van der Waals surface area contributed by atoms with Crippen LogP contribution in [0.5, 0.6) is 0 Å². The highest BCUT2D eigenvalue weighted by molar-refractivity contribution is 7.93. The van der Waals surface area contributed by atoms with E-state index in [1.807, 2.05) is 0 Å². The second-order valence-electron chi connectivity index (χ2n) is 7.77. The van der Waals surface area contributed by atoms with Crippen LogP contribution in [0.25, 0.3) is 0 Å². The summed E-state index contributed by atoms with van der Waals surface area (Å²) in [6.07, 6.45) is -4.00. The predicted octanol–water partition coefficient (Wildman–Crippen LogP) is 3.11. The Labute approximate surface area is 159 Å². The lowest BCUT2D eigenvalue weighted by atomic mass is 9.80. The Morgan fingerprint density at radius 2 is 1.82 bits per heavy atom. The number of amides is 1. The van der Waals surface area contributed by atoms with Crippen LogP contribution in [-0.2, 0) is 32.6 Å². The van der Waals surface area contributed by atoms with Crippen molar-refractivity contribution in [2.24, 2.45) is 0 Å². The van der Waals surface area contributed by atoms with Gasteiger partial charge in [-0.15, -0.1) is 0 Å². The number of pyridine rings is 1. The van der Waals surface area contributed by atoms with Crippen LogP contribution in [0.4, 0.5) is 19.1 Å². The first-order valence-corrected chi connectivity index (χ1v) is 9.74. The third-order valence-corrected chi connectivity index (χ3v) is 7.25. The summed E-state index contributed by atoms with van der Waals surface area (Å²) in [5, 5.41) is 6.16. The molecule has 0 unspecified atom stereocenters. The van der Waals surface area contributed by atoms with Gasteiger partial charge in [0.05, 0.1) is 10.6 Å². The minimum absolute atomic E-state index is 0.0425. The fraction of sp³-hybridized carbons (Fsp3) is 0.471. The van der Waals surface area contributed by atoms with Gasteiger partial charge < -0.3 is 4.52 Å². The van der Waals surface area contributed by atoms with E-state index in [-0.39, 0.29) is 17.9 Å². The smallest absolute Gasteiger partial charge is 0.338 e. The summed E-state index contributed by atoms with van der Waals surface area (Å²) >= 11 is 0. The van der Waals surface area contributed by atoms with Crippen LogP contribution in [0.2, 0.25) is 0 Å². The van der Waals surface area contributed by atoms with Crippen molar-refractivity contribution in [3.8, 4) is 0 Å². The minimum Gasteiger partial charge on any atom is -0.338 e. The zero-order valence-electron chi connectivity index (χ0n) is 15.5. The van der Waals surface area contributed by atoms with Crippen LogP contribution in [0.3, 0.4) is 0 Å². The number of rotatable bonds is 0. The summed E-state index contributed by atoms with van der Waals surface area (Å²) in [7, 11) is -4.40. The Morgan fingerprint density at radius 1 is 1.18 bits per heavy atom. The van der Waals surface area contributed by atoms with E-state index in [1.54, 1.807) is 13.8 Å². The Morgan fingerprint density at radius 3 is 2.43 bits per heavy atom. The van der Waals surface area contributed by atoms with Gasteiger partial charge in [0.25, 0.3) is 0 Å². The van der Waals surface area contributed by atoms with Gasteiger partial charge in [-0.3, -0.25) is 15.1 Å². The molecule has 3 heterocycles. The molecular formula is C17H18F3N3O4S. The average molecular weight is 417 g/mol. The molecule has 0 aliphatic carbocycles. The van der Waals surface area contributed by atoms with Gasteiger partial charge in [0.15, 0.2) is 9.84 Å². The normalized spacial score (nSPS) is 20.6. The number of carbonyl (C=O) groups is 1. The summed E-state index contributed by atoms with van der Waals surface area (Å²) < 4.78 is 69.2. The van der Waals surface area contributed by atoms with E-state index in [1.165, 1.54) is 19.9 Å². The number of halogens is 3. The SMILES string of the molecule is CC1(C)Cc2cc(on2)NC(=O)C(C)(C)S(=O)(=O)c2cnc(C(F)(F)F)cc21. The van der Waals surface area contributed by atoms with Crippen LogP contribution in [0.15, 0.2) is 27.7 Å². The van der Waals surface area contributed by atoms with Gasteiger partial charge in [-0.25, -0.2) is 8.42 Å². The highest BCUT2D eigenvalue weighted by Crippen LogP contribution is 2.40. The first kappa shape index (κ1) is 20.3. The average Bonchev–Trinajstić information content (AvgIpc) is 2.98. The van der Waals surface area contributed by atoms with Crippen molar-refractivity contribution >= 4 is 21.6 Å². The maximum Gasteiger partial charge on any atom is 0.433 e. The topological polar surface area (TPSA) is 102 Å². The van der Waals surface area contributed by atoms with Gasteiger partial charge in [0.2, 0.25) is 11.8 Å². The highest BCUT2D eigenvalue weighted by atomic mass is 32.2. The number of hydrogen-bond acceptors (Lipinski definition) is 6. The molecule has 0 spiro atoms. The van der Waals surface area contributed by atoms with Crippen LogP contribution < -0.4 is 5.32 Å². The van der Waals surface area contributed by atoms with Gasteiger partial charge in [0, 0.05) is 18.7 Å². The van der Waals surface area contributed by atoms with E-state index < -0.39 is 42.7 Å². The Kier molecular flexibility index (Phi) is 4.37. The molecule has 0 saturated carbocycles. The predicted molar refractivity (Wildman–Crippen MR) is 92.4 cm³/mol. The minimum atomic E-state index is -4.75. The van der Waals surface area contributed by atoms with E-state index in [4.69, 9.17) is 4.52 Å². The molecular weight excluding hydrogens is 399 g/mol. The number of nitrogens with zero attached hydrogens (tertiary/aromatic N) is 2. The standard InChI is InChI=1S/C17H18F3N3O4S/c1-15(2)7-9-5-13(27-23-9)22-14(24)16(3,4)28(25,26)11-8-21-12(6-10(11)15)17(18,19)20/h5-6,8H,7H2,1-4H3,(H,22,24). The molecule has 0 fully saturated rings. The number of anilines is 1. The molecule has 0 radical (unpaired) electrons. The van der Waals surface area contributed by atoms with E-state index in [0.717, 1.165) is 6.07 Å². The van der Waals surface area contributed by atoms with Crippen molar-refractivity contribution in [2.45, 2.75) is 55.3 Å². The van der Waals surface area contributed by atoms with Crippen molar-refractivity contribution in [3.63, 3.8) is 0 Å². The second-order valence-corrected chi connectivity index (χ2v) is 10.2. The van der Waals surface area contributed by atoms with Crippen molar-refractivity contribution in [1.82, 2.24) is 10.1 Å². The molecule has 2 aromatic heterocycles. The van der Waals surface area contributed by atoms with E-state index in [2.05, 4.69) is 15.5 Å². The first-order valence-electron chi connectivity index (χ1n) is 8.26. The lowest BCUT2D eigenvalue weighted by molar-refractivity contribution is -0.141. The maximum absolute atomic E-state index is 13.3. The lowest BCUT2D eigenvalue weighted by Crippen LogP contribution is -2.45. The van der Waals surface area contributed by atoms with Gasteiger partial charge in [-0.05, 0) is 30.9 Å². The molecule has 2 bridgehead atoms. The number of aromatic nitrogens is 2. The molecule has 11 heteroatoms. The van der Waals surface area contributed by atoms with E-state index in [0.29, 0.717) is 11.9 Å². The summed E-state index contributed by atoms with van der Waals surface area (Å²) in [5.74, 6) is -0.945. The number of fused-ring (bicyclic) bond motifs is 3. The molecule has 152 valence electrons. The number of hydrogen-bond donors (Lipinski definition) is 1. The second kappa shape index (κ2) is 6.03. The van der Waals surface area contributed by atoms with Crippen molar-refractivity contribution in [1.29, 1.82) is 0 Å². The molecule has 28 heavy (non-hydrogen) atoms. The monoisotopic (exact) mass is 417 g/mol. The number of alkyl halides is 3. The molecule has 7 nitrogen and oxygen atoms in total. The molecule has 2 aromatic rings. The lowest BCUT2D eigenvalue weighted by Gasteiger charge is -2.30. The third-order valence-electron chi connectivity index (χ3n) is 4.81. The van der Waals surface area contributed by atoms with Gasteiger partial charge in [0.1, 0.15) is 10.4 Å². The Hall–Kier alpha value is -2.43. The van der Waals surface area contributed by atoms with Gasteiger partial charge in [-0.2, -0.15) is 13.2 Å². The number of carbonyl (C=O) groups excluding carboxylic acids is 1. The van der Waals surface area contributed by atoms with Crippen LogP contribution >= 0.6 is 0 Å². The Bertz CT molecular complexity index is 1060. The summed E-state index contributed by atoms with van der Waals surface area (Å²) in [5.41, 5.74) is -2.04. The van der Waals surface area contributed by atoms with Gasteiger partial charge in [-0.1, -0.05) is 19.0 Å². The molecule has 1 amide bonds. The quantitative estimate of drug-likeness (QED) is 0.707. The molecule has 0 saturated heterocycles. The third kappa shape index (κ3) is 3.17. The summed E-state index contributed by atoms with van der Waals surface area (Å²) in [6.45, 7) is 5.52. The fourth-order valence-corrected chi connectivity index (χ4v) is 4.66. The van der Waals surface area contributed by atoms with Crippen LogP contribution in [-0.4, -0.2) is 29.2 Å². The molecule has 3 rings (SSSR count). The number of sulfone groups is 1. The van der Waals surface area contributed by atoms with E-state index >= 15 is 0 Å². The van der Waals surface area contributed by atoms with Crippen molar-refractivity contribution < 1.29 is 30.9 Å². The number of nitrogens with one attached hydrogen (secondary N) is 1. The molecule has 1 aliphatic heterocycles. The first-order chi connectivity index (χ1) is 12.7. The van der Waals surface area contributed by atoms with Crippen LogP contribution in [0, 0.1) is 0 Å². The fourth-order valence-electron chi connectivity index (χ4n) is 3.00. The largest absolute Gasteiger partial charge is 0.433 e. The zero-order chi connectivity index (χ0) is 21.1. The van der Waals surface area contributed by atoms with Crippen molar-refractivity contribution in [2.75, 3.05) is 5.32 Å². The summed E-state index contributed by atoms with van der Waals surface area (Å²) in [6, 6.07) is 2.14. The molecule has 1 N–H and O–H groups in total. The van der Waals surface area contributed by atoms with Gasteiger partial charge >= 0.3 is 6.18 Å². The molecule has 0 atom stereocenters.